The van der Waals surface area contributed by atoms with E-state index in [-0.39, 0.29) is 18.3 Å². The second kappa shape index (κ2) is 6.43. The summed E-state index contributed by atoms with van der Waals surface area (Å²) in [6, 6.07) is 9.45. The van der Waals surface area contributed by atoms with Crippen molar-refractivity contribution in [1.29, 1.82) is 0 Å². The Morgan fingerprint density at radius 2 is 1.96 bits per heavy atom. The Morgan fingerprint density at radius 3 is 2.74 bits per heavy atom. The first-order chi connectivity index (χ1) is 11.1. The van der Waals surface area contributed by atoms with Gasteiger partial charge in [0.1, 0.15) is 13.2 Å². The first kappa shape index (κ1) is 15.0. The summed E-state index contributed by atoms with van der Waals surface area (Å²) in [5.74, 6) is 0.456. The molecule has 0 saturated heterocycles. The molecule has 120 valence electrons. The van der Waals surface area contributed by atoms with Gasteiger partial charge in [0.2, 0.25) is 0 Å². The van der Waals surface area contributed by atoms with E-state index in [9.17, 15) is 4.39 Å². The van der Waals surface area contributed by atoms with Crippen LogP contribution in [0.3, 0.4) is 0 Å². The number of hydrogen-bond donors (Lipinski definition) is 3. The Morgan fingerprint density at radius 1 is 1.17 bits per heavy atom. The molecule has 0 atom stereocenters. The van der Waals surface area contributed by atoms with Gasteiger partial charge in [0.25, 0.3) is 0 Å². The van der Waals surface area contributed by atoms with E-state index in [4.69, 9.17) is 20.3 Å². The number of hydrogen-bond acceptors (Lipinski definition) is 4. The van der Waals surface area contributed by atoms with Crippen molar-refractivity contribution in [2.24, 2.45) is 10.7 Å². The van der Waals surface area contributed by atoms with E-state index in [1.807, 2.05) is 0 Å². The van der Waals surface area contributed by atoms with Crippen molar-refractivity contribution >= 4 is 11.6 Å². The first-order valence-corrected chi connectivity index (χ1v) is 7.06. The average molecular weight is 317 g/mol. The van der Waals surface area contributed by atoms with Gasteiger partial charge in [0.15, 0.2) is 29.0 Å². The highest BCUT2D eigenvalue weighted by molar-refractivity contribution is 5.92. The maximum atomic E-state index is 13.2. The molecule has 0 spiro atoms. The third-order valence-electron chi connectivity index (χ3n) is 3.26. The average Bonchev–Trinajstić information content (AvgIpc) is 2.56. The molecule has 2 aromatic carbocycles. The number of rotatable bonds is 3. The highest BCUT2D eigenvalue weighted by atomic mass is 19.1. The number of benzene rings is 2. The molecule has 0 unspecified atom stereocenters. The number of nitrogens with zero attached hydrogens (tertiary/aromatic N) is 1. The smallest absolute Gasteiger partial charge is 0.193 e. The fourth-order valence-electron chi connectivity index (χ4n) is 2.13. The Bertz CT molecular complexity index is 749. The van der Waals surface area contributed by atoms with Crippen LogP contribution in [0, 0.1) is 5.82 Å². The van der Waals surface area contributed by atoms with Crippen molar-refractivity contribution in [3.05, 3.63) is 47.8 Å². The van der Waals surface area contributed by atoms with Gasteiger partial charge in [-0.3, -0.25) is 0 Å². The zero-order valence-electron chi connectivity index (χ0n) is 12.3. The number of nitrogens with one attached hydrogen (secondary N) is 1. The summed E-state index contributed by atoms with van der Waals surface area (Å²) in [4.78, 5) is 4.14. The number of nitrogens with two attached hydrogens (primary N) is 1. The maximum Gasteiger partial charge on any atom is 0.193 e. The quantitative estimate of drug-likeness (QED) is 0.597. The molecule has 1 aliphatic heterocycles. The van der Waals surface area contributed by atoms with Crippen LogP contribution >= 0.6 is 0 Å². The minimum Gasteiger partial charge on any atom is -0.505 e. The van der Waals surface area contributed by atoms with E-state index >= 15 is 0 Å². The van der Waals surface area contributed by atoms with Gasteiger partial charge >= 0.3 is 0 Å². The lowest BCUT2D eigenvalue weighted by molar-refractivity contribution is 0.171. The van der Waals surface area contributed by atoms with Crippen LogP contribution in [0.25, 0.3) is 0 Å². The Labute approximate surface area is 132 Å². The van der Waals surface area contributed by atoms with Crippen molar-refractivity contribution in [1.82, 2.24) is 0 Å². The zero-order valence-corrected chi connectivity index (χ0v) is 12.3. The number of anilines is 1. The van der Waals surface area contributed by atoms with E-state index < -0.39 is 5.82 Å². The number of phenolic OH excluding ortho intramolecular Hbond substituents is 1. The summed E-state index contributed by atoms with van der Waals surface area (Å²) in [5.41, 5.74) is 7.14. The third kappa shape index (κ3) is 3.63. The van der Waals surface area contributed by atoms with E-state index in [1.165, 1.54) is 12.1 Å². The lowest BCUT2D eigenvalue weighted by Crippen LogP contribution is -2.23. The minimum atomic E-state index is -0.684. The monoisotopic (exact) mass is 317 g/mol. The normalized spacial score (nSPS) is 13.7. The molecule has 1 heterocycles. The van der Waals surface area contributed by atoms with Crippen LogP contribution in [0.4, 0.5) is 10.1 Å². The highest BCUT2D eigenvalue weighted by Gasteiger charge is 2.11. The van der Waals surface area contributed by atoms with E-state index in [1.54, 1.807) is 24.3 Å². The molecule has 7 heteroatoms. The molecule has 1 aliphatic rings. The molecule has 0 aromatic heterocycles. The van der Waals surface area contributed by atoms with E-state index in [0.717, 1.165) is 0 Å². The molecule has 0 amide bonds. The molecule has 0 aliphatic carbocycles. The maximum absolute atomic E-state index is 13.2. The SMILES string of the molecule is NC(=NCc1ccc(O)c(F)c1)Nc1ccc2c(c1)OCCO2. The molecule has 23 heavy (non-hydrogen) atoms. The van der Waals surface area contributed by atoms with Crippen LogP contribution in [0.5, 0.6) is 17.2 Å². The molecule has 0 radical (unpaired) electrons. The molecule has 2 aromatic rings. The fourth-order valence-corrected chi connectivity index (χ4v) is 2.13. The van der Waals surface area contributed by atoms with Crippen molar-refractivity contribution < 1.29 is 19.0 Å². The molecule has 0 fully saturated rings. The van der Waals surface area contributed by atoms with Crippen molar-refractivity contribution in [3.8, 4) is 17.2 Å². The van der Waals surface area contributed by atoms with E-state index in [0.29, 0.717) is 36.0 Å². The first-order valence-electron chi connectivity index (χ1n) is 7.06. The van der Waals surface area contributed by atoms with Crippen LogP contribution in [-0.2, 0) is 6.54 Å². The molecular weight excluding hydrogens is 301 g/mol. The summed E-state index contributed by atoms with van der Waals surface area (Å²) >= 11 is 0. The number of fused-ring (bicyclic) bond motifs is 1. The summed E-state index contributed by atoms with van der Waals surface area (Å²) in [6.45, 7) is 1.24. The topological polar surface area (TPSA) is 89.1 Å². The molecular formula is C16H16FN3O3. The van der Waals surface area contributed by atoms with Gasteiger partial charge in [-0.15, -0.1) is 0 Å². The van der Waals surface area contributed by atoms with Crippen molar-refractivity contribution in [2.45, 2.75) is 6.54 Å². The summed E-state index contributed by atoms with van der Waals surface area (Å²) in [6.07, 6.45) is 0. The summed E-state index contributed by atoms with van der Waals surface area (Å²) in [7, 11) is 0. The van der Waals surface area contributed by atoms with Crippen molar-refractivity contribution in [3.63, 3.8) is 0 Å². The van der Waals surface area contributed by atoms with Gasteiger partial charge in [-0.25, -0.2) is 9.38 Å². The number of ether oxygens (including phenoxy) is 2. The molecule has 4 N–H and O–H groups in total. The predicted octanol–water partition coefficient (Wildman–Crippen LogP) is 2.23. The standard InChI is InChI=1S/C16H16FN3O3/c17-12-7-10(1-3-13(12)21)9-19-16(18)20-11-2-4-14-15(8-11)23-6-5-22-14/h1-4,7-8,21H,5-6,9H2,(H3,18,19,20). The lowest BCUT2D eigenvalue weighted by atomic mass is 10.2. The van der Waals surface area contributed by atoms with Crippen LogP contribution in [0.2, 0.25) is 0 Å². The number of aliphatic imine (C=N–C) groups is 1. The molecule has 6 nitrogen and oxygen atoms in total. The fraction of sp³-hybridized carbons (Fsp3) is 0.188. The van der Waals surface area contributed by atoms with Gasteiger partial charge in [-0.1, -0.05) is 6.07 Å². The second-order valence-electron chi connectivity index (χ2n) is 4.97. The van der Waals surface area contributed by atoms with E-state index in [2.05, 4.69) is 10.3 Å². The van der Waals surface area contributed by atoms with Crippen molar-refractivity contribution in [2.75, 3.05) is 18.5 Å². The largest absolute Gasteiger partial charge is 0.505 e. The predicted molar refractivity (Wildman–Crippen MR) is 84.4 cm³/mol. The van der Waals surface area contributed by atoms with Gasteiger partial charge in [0, 0.05) is 11.8 Å². The molecule has 0 bridgehead atoms. The van der Waals surface area contributed by atoms with Gasteiger partial charge in [-0.2, -0.15) is 0 Å². The summed E-state index contributed by atoms with van der Waals surface area (Å²) < 4.78 is 24.2. The minimum absolute atomic E-state index is 0.190. The lowest BCUT2D eigenvalue weighted by Gasteiger charge is -2.19. The Balaban J connectivity index is 1.66. The summed E-state index contributed by atoms with van der Waals surface area (Å²) in [5, 5.41) is 12.1. The second-order valence-corrected chi connectivity index (χ2v) is 4.97. The zero-order chi connectivity index (χ0) is 16.2. The van der Waals surface area contributed by atoms with Crippen LogP contribution in [0.15, 0.2) is 41.4 Å². The number of phenols is 1. The third-order valence-corrected chi connectivity index (χ3v) is 3.26. The van der Waals surface area contributed by atoms with Crippen LogP contribution in [0.1, 0.15) is 5.56 Å². The van der Waals surface area contributed by atoms with Gasteiger partial charge in [0.05, 0.1) is 6.54 Å². The number of guanidine groups is 1. The molecule has 3 rings (SSSR count). The van der Waals surface area contributed by atoms with Gasteiger partial charge in [-0.05, 0) is 29.8 Å². The van der Waals surface area contributed by atoms with Gasteiger partial charge < -0.3 is 25.6 Å². The molecule has 0 saturated carbocycles. The Hall–Kier alpha value is -2.96. The number of halogens is 1. The van der Waals surface area contributed by atoms with Crippen LogP contribution in [-0.4, -0.2) is 24.3 Å². The number of aromatic hydroxyl groups is 1. The van der Waals surface area contributed by atoms with Crippen LogP contribution < -0.4 is 20.5 Å². The Kier molecular flexibility index (Phi) is 4.18. The highest BCUT2D eigenvalue weighted by Crippen LogP contribution is 2.32.